The van der Waals surface area contributed by atoms with Gasteiger partial charge in [-0.05, 0) is 36.2 Å². The second-order valence-corrected chi connectivity index (χ2v) is 7.70. The van der Waals surface area contributed by atoms with Crippen molar-refractivity contribution in [3.63, 3.8) is 0 Å². The third-order valence-electron chi connectivity index (χ3n) is 4.76. The molecule has 1 aromatic heterocycles. The van der Waals surface area contributed by atoms with Gasteiger partial charge in [0.15, 0.2) is 11.5 Å². The lowest BCUT2D eigenvalue weighted by Gasteiger charge is -2.23. The third-order valence-corrected chi connectivity index (χ3v) is 5.58. The first-order chi connectivity index (χ1) is 13.9. The van der Waals surface area contributed by atoms with Gasteiger partial charge in [-0.25, -0.2) is 4.79 Å². The van der Waals surface area contributed by atoms with Crippen LogP contribution >= 0.6 is 34.8 Å². The third kappa shape index (κ3) is 3.64. The Morgan fingerprint density at radius 3 is 2.31 bits per heavy atom. The summed E-state index contributed by atoms with van der Waals surface area (Å²) in [7, 11) is 3.17. The van der Waals surface area contributed by atoms with Gasteiger partial charge in [0.05, 0.1) is 35.6 Å². The van der Waals surface area contributed by atoms with Crippen LogP contribution in [0.1, 0.15) is 5.56 Å². The van der Waals surface area contributed by atoms with Gasteiger partial charge in [0.2, 0.25) is 0 Å². The summed E-state index contributed by atoms with van der Waals surface area (Å²) < 4.78 is 12.4. The van der Waals surface area contributed by atoms with Crippen LogP contribution in [0.25, 0.3) is 11.3 Å². The second-order valence-electron chi connectivity index (χ2n) is 6.44. The summed E-state index contributed by atoms with van der Waals surface area (Å²) in [6, 6.07) is 8.71. The highest BCUT2D eigenvalue weighted by Gasteiger charge is 2.22. The van der Waals surface area contributed by atoms with Gasteiger partial charge >= 0.3 is 5.69 Å². The Hall–Kier alpha value is -2.41. The van der Waals surface area contributed by atoms with Gasteiger partial charge in [-0.1, -0.05) is 34.8 Å². The van der Waals surface area contributed by atoms with Crippen molar-refractivity contribution in [3.05, 3.63) is 61.4 Å². The van der Waals surface area contributed by atoms with Gasteiger partial charge in [-0.2, -0.15) is 4.98 Å². The molecule has 9 heteroatoms. The number of anilines is 2. The average molecular weight is 453 g/mol. The van der Waals surface area contributed by atoms with Crippen LogP contribution in [-0.2, 0) is 13.0 Å². The molecule has 2 aromatic carbocycles. The number of hydrogen-bond donors (Lipinski definition) is 1. The van der Waals surface area contributed by atoms with Crippen LogP contribution in [0.2, 0.25) is 15.1 Å². The molecular formula is C20H16Cl3N3O3. The molecule has 3 aromatic rings. The number of nitrogens with zero attached hydrogens (tertiary/aromatic N) is 2. The summed E-state index contributed by atoms with van der Waals surface area (Å²) in [5.74, 6) is 1.56. The van der Waals surface area contributed by atoms with Crippen molar-refractivity contribution in [3.8, 4) is 22.8 Å². The highest BCUT2D eigenvalue weighted by atomic mass is 35.5. The largest absolute Gasteiger partial charge is 0.493 e. The van der Waals surface area contributed by atoms with Crippen LogP contribution in [0.3, 0.4) is 0 Å². The Balaban J connectivity index is 1.83. The number of nitrogens with one attached hydrogen (secondary N) is 1. The Bertz CT molecular complexity index is 1150. The van der Waals surface area contributed by atoms with Gasteiger partial charge < -0.3 is 14.8 Å². The highest BCUT2D eigenvalue weighted by Crippen LogP contribution is 2.39. The molecule has 0 amide bonds. The second kappa shape index (κ2) is 7.78. The molecule has 0 atom stereocenters. The Kier molecular flexibility index (Phi) is 5.34. The van der Waals surface area contributed by atoms with Crippen LogP contribution < -0.4 is 20.5 Å². The lowest BCUT2D eigenvalue weighted by Crippen LogP contribution is -2.28. The first-order valence-corrected chi connectivity index (χ1v) is 9.83. The normalized spacial score (nSPS) is 12.2. The fourth-order valence-corrected chi connectivity index (χ4v) is 4.31. The molecular weight excluding hydrogens is 437 g/mol. The van der Waals surface area contributed by atoms with E-state index in [9.17, 15) is 4.79 Å². The van der Waals surface area contributed by atoms with Crippen LogP contribution in [0.5, 0.6) is 11.5 Å². The molecule has 0 unspecified atom stereocenters. The number of methoxy groups -OCH3 is 2. The summed E-state index contributed by atoms with van der Waals surface area (Å²) in [6.07, 6.45) is 0.686. The van der Waals surface area contributed by atoms with Gasteiger partial charge in [0, 0.05) is 23.2 Å². The zero-order valence-electron chi connectivity index (χ0n) is 15.6. The van der Waals surface area contributed by atoms with E-state index >= 15 is 0 Å². The molecule has 0 fully saturated rings. The number of rotatable bonds is 4. The lowest BCUT2D eigenvalue weighted by atomic mass is 9.97. The maximum atomic E-state index is 12.7. The Labute approximate surface area is 181 Å². The van der Waals surface area contributed by atoms with E-state index in [1.54, 1.807) is 37.0 Å². The molecule has 29 heavy (non-hydrogen) atoms. The van der Waals surface area contributed by atoms with Crippen molar-refractivity contribution < 1.29 is 9.47 Å². The number of hydrogen-bond acceptors (Lipinski definition) is 5. The van der Waals surface area contributed by atoms with E-state index in [4.69, 9.17) is 44.3 Å². The fraction of sp³-hybridized carbons (Fsp3) is 0.200. The smallest absolute Gasteiger partial charge is 0.350 e. The minimum atomic E-state index is -0.369. The molecule has 1 N–H and O–H groups in total. The molecule has 150 valence electrons. The molecule has 4 rings (SSSR count). The maximum absolute atomic E-state index is 12.7. The standard InChI is InChI=1S/C20H16Cl3N3O3/c1-28-16-5-10-3-4-26-15(12(10)8-17(16)29-2)9-18(25-20(26)27)24-19-13(22)6-11(21)7-14(19)23/h5-9H,3-4H2,1-2H3,(H,24,25,27). The van der Waals surface area contributed by atoms with Crippen molar-refractivity contribution >= 4 is 46.3 Å². The molecule has 6 nitrogen and oxygen atoms in total. The van der Waals surface area contributed by atoms with Crippen LogP contribution in [0.15, 0.2) is 35.1 Å². The SMILES string of the molecule is COc1cc2c(cc1OC)-c1cc(Nc3c(Cl)cc(Cl)cc3Cl)nc(=O)n1CC2. The topological polar surface area (TPSA) is 65.4 Å². The molecule has 0 spiro atoms. The van der Waals surface area contributed by atoms with Crippen molar-refractivity contribution in [2.75, 3.05) is 19.5 Å². The predicted molar refractivity (Wildman–Crippen MR) is 115 cm³/mol. The highest BCUT2D eigenvalue weighted by molar-refractivity contribution is 6.41. The summed E-state index contributed by atoms with van der Waals surface area (Å²) in [6.45, 7) is 0.520. The monoisotopic (exact) mass is 451 g/mol. The van der Waals surface area contributed by atoms with Crippen molar-refractivity contribution in [2.45, 2.75) is 13.0 Å². The van der Waals surface area contributed by atoms with E-state index in [0.29, 0.717) is 51.0 Å². The maximum Gasteiger partial charge on any atom is 0.350 e. The summed E-state index contributed by atoms with van der Waals surface area (Å²) >= 11 is 18.5. The van der Waals surface area contributed by atoms with Crippen molar-refractivity contribution in [1.29, 1.82) is 0 Å². The van der Waals surface area contributed by atoms with Crippen LogP contribution in [-0.4, -0.2) is 23.8 Å². The summed E-state index contributed by atoms with van der Waals surface area (Å²) in [5, 5.41) is 4.11. The van der Waals surface area contributed by atoms with Gasteiger partial charge in [0.25, 0.3) is 0 Å². The molecule has 0 bridgehead atoms. The molecule has 2 heterocycles. The fourth-order valence-electron chi connectivity index (χ4n) is 3.40. The lowest BCUT2D eigenvalue weighted by molar-refractivity contribution is 0.354. The number of fused-ring (bicyclic) bond motifs is 3. The molecule has 0 aliphatic carbocycles. The first-order valence-electron chi connectivity index (χ1n) is 8.70. The number of aromatic nitrogens is 2. The van der Waals surface area contributed by atoms with E-state index in [-0.39, 0.29) is 5.69 Å². The van der Waals surface area contributed by atoms with Gasteiger partial charge in [-0.3, -0.25) is 4.57 Å². The molecule has 1 aliphatic heterocycles. The number of aryl methyl sites for hydroxylation is 1. The van der Waals surface area contributed by atoms with Gasteiger partial charge in [-0.15, -0.1) is 0 Å². The summed E-state index contributed by atoms with van der Waals surface area (Å²) in [5.41, 5.74) is 2.71. The zero-order chi connectivity index (χ0) is 20.7. The minimum absolute atomic E-state index is 0.328. The van der Waals surface area contributed by atoms with E-state index in [0.717, 1.165) is 16.8 Å². The predicted octanol–water partition coefficient (Wildman–Crippen LogP) is 5.19. The van der Waals surface area contributed by atoms with E-state index < -0.39 is 0 Å². The summed E-state index contributed by atoms with van der Waals surface area (Å²) in [4.78, 5) is 16.8. The molecule has 0 saturated carbocycles. The molecule has 0 saturated heterocycles. The molecule has 1 aliphatic rings. The Morgan fingerprint density at radius 2 is 1.66 bits per heavy atom. The van der Waals surface area contributed by atoms with Crippen LogP contribution in [0.4, 0.5) is 11.5 Å². The van der Waals surface area contributed by atoms with Gasteiger partial charge in [0.1, 0.15) is 5.82 Å². The van der Waals surface area contributed by atoms with Crippen molar-refractivity contribution in [1.82, 2.24) is 9.55 Å². The number of halogens is 3. The number of ether oxygens (including phenoxy) is 2. The number of benzene rings is 2. The zero-order valence-corrected chi connectivity index (χ0v) is 17.8. The quantitative estimate of drug-likeness (QED) is 0.590. The minimum Gasteiger partial charge on any atom is -0.493 e. The Morgan fingerprint density at radius 1 is 1.00 bits per heavy atom. The van der Waals surface area contributed by atoms with Crippen LogP contribution in [0, 0.1) is 0 Å². The molecule has 0 radical (unpaired) electrons. The van der Waals surface area contributed by atoms with E-state index in [2.05, 4.69) is 10.3 Å². The van der Waals surface area contributed by atoms with Crippen molar-refractivity contribution in [2.24, 2.45) is 0 Å². The first kappa shape index (κ1) is 19.9. The van der Waals surface area contributed by atoms with E-state index in [1.807, 2.05) is 12.1 Å². The van der Waals surface area contributed by atoms with E-state index in [1.165, 1.54) is 0 Å². The average Bonchev–Trinajstić information content (AvgIpc) is 2.69.